The number of carbonyl (C=O) groups is 2. The van der Waals surface area contributed by atoms with Crippen molar-refractivity contribution in [1.82, 2.24) is 9.55 Å². The molecule has 5 heteroatoms. The summed E-state index contributed by atoms with van der Waals surface area (Å²) in [6, 6.07) is 6.94. The van der Waals surface area contributed by atoms with Gasteiger partial charge >= 0.3 is 0 Å². The number of imidazole rings is 1. The van der Waals surface area contributed by atoms with Gasteiger partial charge in [0.1, 0.15) is 5.69 Å². The first-order chi connectivity index (χ1) is 8.56. The molecule has 0 radical (unpaired) electrons. The minimum absolute atomic E-state index is 0.154. The van der Waals surface area contributed by atoms with Crippen LogP contribution in [0.2, 0.25) is 0 Å². The molecule has 0 spiro atoms. The van der Waals surface area contributed by atoms with Crippen LogP contribution in [0.1, 0.15) is 27.3 Å². The van der Waals surface area contributed by atoms with Gasteiger partial charge in [0.2, 0.25) is 0 Å². The Bertz CT molecular complexity index is 587. The van der Waals surface area contributed by atoms with E-state index in [4.69, 9.17) is 0 Å². The first-order valence-corrected chi connectivity index (χ1v) is 6.15. The van der Waals surface area contributed by atoms with Crippen molar-refractivity contribution in [2.24, 2.45) is 7.05 Å². The van der Waals surface area contributed by atoms with E-state index in [1.165, 1.54) is 6.33 Å². The molecule has 1 aromatic carbocycles. The molecule has 0 aliphatic carbocycles. The van der Waals surface area contributed by atoms with Crippen molar-refractivity contribution in [2.75, 3.05) is 0 Å². The van der Waals surface area contributed by atoms with Gasteiger partial charge in [-0.1, -0.05) is 28.1 Å². The minimum Gasteiger partial charge on any atom is -0.340 e. The van der Waals surface area contributed by atoms with Crippen molar-refractivity contribution < 1.29 is 9.59 Å². The largest absolute Gasteiger partial charge is 0.340 e. The molecule has 18 heavy (non-hydrogen) atoms. The third-order valence-corrected chi connectivity index (χ3v) is 3.01. The number of carbonyl (C=O) groups excluding carboxylic acids is 2. The second-order valence-corrected chi connectivity index (χ2v) is 4.87. The number of benzene rings is 1. The van der Waals surface area contributed by atoms with Gasteiger partial charge in [0.15, 0.2) is 11.6 Å². The molecular formula is C13H11BrN2O2. The zero-order valence-corrected chi connectivity index (χ0v) is 11.3. The Labute approximate surface area is 113 Å². The van der Waals surface area contributed by atoms with Crippen LogP contribution in [0.3, 0.4) is 0 Å². The topological polar surface area (TPSA) is 52.0 Å². The summed E-state index contributed by atoms with van der Waals surface area (Å²) in [4.78, 5) is 27.6. The number of aryl methyl sites for hydroxylation is 1. The Morgan fingerprint density at radius 3 is 2.44 bits per heavy atom. The Kier molecular flexibility index (Phi) is 3.72. The maximum atomic E-state index is 11.9. The van der Waals surface area contributed by atoms with Gasteiger partial charge in [-0.15, -0.1) is 0 Å². The van der Waals surface area contributed by atoms with Crippen molar-refractivity contribution in [3.8, 4) is 0 Å². The lowest BCUT2D eigenvalue weighted by molar-refractivity contribution is 0.0891. The molecule has 2 aromatic rings. The number of aromatic nitrogens is 2. The average Bonchev–Trinajstić information content (AvgIpc) is 2.76. The van der Waals surface area contributed by atoms with Gasteiger partial charge in [-0.2, -0.15) is 0 Å². The predicted octanol–water partition coefficient (Wildman–Crippen LogP) is 2.64. The number of hydrogen-bond acceptors (Lipinski definition) is 3. The highest BCUT2D eigenvalue weighted by Crippen LogP contribution is 2.13. The van der Waals surface area contributed by atoms with Crippen LogP contribution >= 0.6 is 15.9 Å². The number of ketones is 2. The molecule has 0 aliphatic heterocycles. The molecule has 2 rings (SSSR count). The van der Waals surface area contributed by atoms with Gasteiger partial charge in [0.05, 0.1) is 12.7 Å². The quantitative estimate of drug-likeness (QED) is 0.644. The molecule has 0 fully saturated rings. The number of rotatable bonds is 4. The number of Topliss-reactive ketones (excluding diaryl/α,β-unsaturated/α-hetero) is 2. The van der Waals surface area contributed by atoms with Crippen LogP contribution in [0.25, 0.3) is 0 Å². The van der Waals surface area contributed by atoms with Crippen LogP contribution in [-0.2, 0) is 7.05 Å². The fourth-order valence-corrected chi connectivity index (χ4v) is 1.80. The molecule has 4 nitrogen and oxygen atoms in total. The molecule has 92 valence electrons. The van der Waals surface area contributed by atoms with E-state index >= 15 is 0 Å². The monoisotopic (exact) mass is 306 g/mol. The highest BCUT2D eigenvalue weighted by atomic mass is 79.9. The smallest absolute Gasteiger partial charge is 0.190 e. The summed E-state index contributed by atoms with van der Waals surface area (Å²) in [7, 11) is 1.78. The Morgan fingerprint density at radius 2 is 1.89 bits per heavy atom. The highest BCUT2D eigenvalue weighted by Gasteiger charge is 2.15. The first-order valence-electron chi connectivity index (χ1n) is 5.36. The lowest BCUT2D eigenvalue weighted by Gasteiger charge is -1.99. The van der Waals surface area contributed by atoms with E-state index in [0.717, 1.165) is 4.47 Å². The third-order valence-electron chi connectivity index (χ3n) is 2.48. The van der Waals surface area contributed by atoms with Crippen LogP contribution < -0.4 is 0 Å². The van der Waals surface area contributed by atoms with Crippen LogP contribution in [0, 0.1) is 0 Å². The number of nitrogens with zero attached hydrogens (tertiary/aromatic N) is 2. The summed E-state index contributed by atoms with van der Waals surface area (Å²) in [5.41, 5.74) is 0.852. The van der Waals surface area contributed by atoms with E-state index in [1.807, 2.05) is 0 Å². The maximum absolute atomic E-state index is 11.9. The molecule has 0 bridgehead atoms. The van der Waals surface area contributed by atoms with Crippen molar-refractivity contribution >= 4 is 27.5 Å². The van der Waals surface area contributed by atoms with Crippen molar-refractivity contribution in [2.45, 2.75) is 6.42 Å². The van der Waals surface area contributed by atoms with Crippen LogP contribution in [-0.4, -0.2) is 21.1 Å². The third kappa shape index (κ3) is 2.92. The first kappa shape index (κ1) is 12.7. The second kappa shape index (κ2) is 5.27. The number of halogens is 1. The molecule has 0 atom stereocenters. The van der Waals surface area contributed by atoms with Crippen LogP contribution in [0.5, 0.6) is 0 Å². The fraction of sp³-hybridized carbons (Fsp3) is 0.154. The Balaban J connectivity index is 2.08. The standard InChI is InChI=1S/C13H11BrN2O2/c1-16-7-11(15-8-16)13(18)6-12(17)9-2-4-10(14)5-3-9/h2-5,7-8H,6H2,1H3. The van der Waals surface area contributed by atoms with Crippen LogP contribution in [0.15, 0.2) is 41.3 Å². The summed E-state index contributed by atoms with van der Waals surface area (Å²) >= 11 is 3.29. The molecule has 0 N–H and O–H groups in total. The minimum atomic E-state index is -0.261. The van der Waals surface area contributed by atoms with E-state index in [2.05, 4.69) is 20.9 Å². The van der Waals surface area contributed by atoms with Crippen molar-refractivity contribution in [1.29, 1.82) is 0 Å². The summed E-state index contributed by atoms with van der Waals surface area (Å²) < 4.78 is 2.58. The van der Waals surface area contributed by atoms with Gasteiger partial charge < -0.3 is 4.57 Å². The maximum Gasteiger partial charge on any atom is 0.190 e. The lowest BCUT2D eigenvalue weighted by atomic mass is 10.1. The van der Waals surface area contributed by atoms with E-state index in [-0.39, 0.29) is 18.0 Å². The Morgan fingerprint density at radius 1 is 1.22 bits per heavy atom. The number of hydrogen-bond donors (Lipinski definition) is 0. The molecule has 0 saturated heterocycles. The predicted molar refractivity (Wildman–Crippen MR) is 70.6 cm³/mol. The summed E-state index contributed by atoms with van der Waals surface area (Å²) in [6.45, 7) is 0. The second-order valence-electron chi connectivity index (χ2n) is 3.95. The molecular weight excluding hydrogens is 296 g/mol. The molecule has 0 amide bonds. The average molecular weight is 307 g/mol. The van der Waals surface area contributed by atoms with Gasteiger partial charge in [0.25, 0.3) is 0 Å². The van der Waals surface area contributed by atoms with Crippen LogP contribution in [0.4, 0.5) is 0 Å². The highest BCUT2D eigenvalue weighted by molar-refractivity contribution is 9.10. The van der Waals surface area contributed by atoms with Gasteiger partial charge in [-0.3, -0.25) is 9.59 Å². The van der Waals surface area contributed by atoms with E-state index in [9.17, 15) is 9.59 Å². The zero-order valence-electron chi connectivity index (χ0n) is 9.76. The van der Waals surface area contributed by atoms with Crippen molar-refractivity contribution in [3.63, 3.8) is 0 Å². The normalized spacial score (nSPS) is 10.3. The van der Waals surface area contributed by atoms with Gasteiger partial charge in [-0.25, -0.2) is 4.98 Å². The van der Waals surface area contributed by atoms with Crippen molar-refractivity contribution in [3.05, 3.63) is 52.5 Å². The van der Waals surface area contributed by atoms with E-state index in [1.54, 1.807) is 42.1 Å². The summed E-state index contributed by atoms with van der Waals surface area (Å²) in [5.74, 6) is -0.457. The van der Waals surface area contributed by atoms with E-state index < -0.39 is 0 Å². The molecule has 1 heterocycles. The van der Waals surface area contributed by atoms with Gasteiger partial charge in [-0.05, 0) is 12.1 Å². The molecule has 0 aliphatic rings. The lowest BCUT2D eigenvalue weighted by Crippen LogP contribution is -2.08. The van der Waals surface area contributed by atoms with E-state index in [0.29, 0.717) is 11.3 Å². The molecule has 0 saturated carbocycles. The SMILES string of the molecule is Cn1cnc(C(=O)CC(=O)c2ccc(Br)cc2)c1. The zero-order chi connectivity index (χ0) is 13.1. The summed E-state index contributed by atoms with van der Waals surface area (Å²) in [6.07, 6.45) is 2.99. The fourth-order valence-electron chi connectivity index (χ4n) is 1.53. The molecule has 1 aromatic heterocycles. The van der Waals surface area contributed by atoms with Gasteiger partial charge in [0, 0.05) is 23.3 Å². The summed E-state index contributed by atoms with van der Waals surface area (Å²) in [5, 5.41) is 0. The molecule has 0 unspecified atom stereocenters. The Hall–Kier alpha value is -1.75.